The van der Waals surface area contributed by atoms with Crippen LogP contribution >= 0.6 is 0 Å². The zero-order valence-corrected chi connectivity index (χ0v) is 17.3. The zero-order valence-electron chi connectivity index (χ0n) is 17.3. The van der Waals surface area contributed by atoms with Crippen molar-refractivity contribution in [3.8, 4) is 16.9 Å². The normalized spacial score (nSPS) is 23.2. The molecule has 156 valence electrons. The van der Waals surface area contributed by atoms with E-state index in [1.54, 1.807) is 6.92 Å². The van der Waals surface area contributed by atoms with Crippen LogP contribution in [0.1, 0.15) is 45.4 Å². The predicted octanol–water partition coefficient (Wildman–Crippen LogP) is 7.57. The molecule has 2 unspecified atom stereocenters. The highest BCUT2D eigenvalue weighted by Gasteiger charge is 2.28. The molecule has 2 aromatic carbocycles. The molecule has 0 aromatic heterocycles. The number of allylic oxidation sites excluding steroid dienone is 1. The number of halogens is 2. The van der Waals surface area contributed by atoms with Gasteiger partial charge in [-0.2, -0.15) is 0 Å². The summed E-state index contributed by atoms with van der Waals surface area (Å²) in [4.78, 5) is 0. The minimum atomic E-state index is -0.776. The maximum atomic E-state index is 14.4. The molecule has 1 fully saturated rings. The second-order valence-electron chi connectivity index (χ2n) is 8.19. The third-order valence-electron chi connectivity index (χ3n) is 5.84. The van der Waals surface area contributed by atoms with Crippen LogP contribution in [-0.4, -0.2) is 19.0 Å². The predicted molar refractivity (Wildman–Crippen MR) is 117 cm³/mol. The van der Waals surface area contributed by atoms with Gasteiger partial charge in [-0.25, -0.2) is 8.78 Å². The molecule has 0 aliphatic heterocycles. The van der Waals surface area contributed by atoms with Gasteiger partial charge in [0, 0.05) is 0 Å². The summed E-state index contributed by atoms with van der Waals surface area (Å²) in [5.74, 6) is 1.23. The van der Waals surface area contributed by atoms with Crippen LogP contribution in [0, 0.1) is 11.8 Å². The SMILES string of the molecule is CC(F)CCCC1CC[C@@H](/C=C/COc2ccc(-c3ccccc3)cc2)C[C@@H]1F. The van der Waals surface area contributed by atoms with E-state index in [-0.39, 0.29) is 11.8 Å². The standard InChI is InChI=1S/C26H32F2O/c1-20(27)7-5-11-24-13-12-21(19-26(24)28)8-6-18-29-25-16-14-23(15-17-25)22-9-3-2-4-10-22/h2-4,6,8-10,14-17,20-21,24,26H,5,7,11-13,18-19H2,1H3/b8-6+/t20?,21-,24?,26+/m1/s1. The fourth-order valence-electron chi connectivity index (χ4n) is 4.14. The van der Waals surface area contributed by atoms with Crippen LogP contribution in [0.4, 0.5) is 8.78 Å². The van der Waals surface area contributed by atoms with Crippen molar-refractivity contribution in [1.82, 2.24) is 0 Å². The third-order valence-corrected chi connectivity index (χ3v) is 5.84. The topological polar surface area (TPSA) is 9.23 Å². The van der Waals surface area contributed by atoms with Crippen LogP contribution in [0.2, 0.25) is 0 Å². The Balaban J connectivity index is 1.38. The molecule has 0 saturated heterocycles. The van der Waals surface area contributed by atoms with E-state index >= 15 is 0 Å². The molecule has 1 aliphatic carbocycles. The molecule has 1 saturated carbocycles. The largest absolute Gasteiger partial charge is 0.490 e. The Labute approximate surface area is 173 Å². The molecule has 0 radical (unpaired) electrons. The highest BCUT2D eigenvalue weighted by atomic mass is 19.1. The van der Waals surface area contributed by atoms with Crippen molar-refractivity contribution >= 4 is 0 Å². The highest BCUT2D eigenvalue weighted by molar-refractivity contribution is 5.63. The van der Waals surface area contributed by atoms with Crippen molar-refractivity contribution in [2.45, 2.75) is 57.8 Å². The fraction of sp³-hybridized carbons (Fsp3) is 0.462. The van der Waals surface area contributed by atoms with Gasteiger partial charge in [-0.15, -0.1) is 0 Å². The molecule has 3 heteroatoms. The van der Waals surface area contributed by atoms with Crippen LogP contribution in [0.3, 0.4) is 0 Å². The van der Waals surface area contributed by atoms with Crippen molar-refractivity contribution in [2.24, 2.45) is 11.8 Å². The first kappa shape index (κ1) is 21.5. The van der Waals surface area contributed by atoms with Crippen LogP contribution in [0.15, 0.2) is 66.7 Å². The Morgan fingerprint density at radius 1 is 1.03 bits per heavy atom. The first-order valence-corrected chi connectivity index (χ1v) is 10.8. The second-order valence-corrected chi connectivity index (χ2v) is 8.19. The summed E-state index contributed by atoms with van der Waals surface area (Å²) < 4.78 is 33.1. The van der Waals surface area contributed by atoms with Gasteiger partial charge < -0.3 is 4.74 Å². The van der Waals surface area contributed by atoms with Gasteiger partial charge in [-0.05, 0) is 74.1 Å². The maximum Gasteiger partial charge on any atom is 0.119 e. The quantitative estimate of drug-likeness (QED) is 0.396. The van der Waals surface area contributed by atoms with Gasteiger partial charge in [0.15, 0.2) is 0 Å². The van der Waals surface area contributed by atoms with Gasteiger partial charge in [0.25, 0.3) is 0 Å². The van der Waals surface area contributed by atoms with Gasteiger partial charge in [-0.3, -0.25) is 0 Å². The Hall–Kier alpha value is -2.16. The van der Waals surface area contributed by atoms with Crippen LogP contribution in [-0.2, 0) is 0 Å². The minimum Gasteiger partial charge on any atom is -0.490 e. The lowest BCUT2D eigenvalue weighted by atomic mass is 9.78. The molecular weight excluding hydrogens is 366 g/mol. The molecule has 0 heterocycles. The molecule has 2 aromatic rings. The van der Waals surface area contributed by atoms with Gasteiger partial charge in [0.1, 0.15) is 18.5 Å². The summed E-state index contributed by atoms with van der Waals surface area (Å²) in [6, 6.07) is 18.3. The lowest BCUT2D eigenvalue weighted by molar-refractivity contribution is 0.130. The van der Waals surface area contributed by atoms with E-state index in [1.165, 1.54) is 11.1 Å². The summed E-state index contributed by atoms with van der Waals surface area (Å²) in [6.45, 7) is 2.07. The number of benzene rings is 2. The minimum absolute atomic E-state index is 0.109. The van der Waals surface area contributed by atoms with Crippen molar-refractivity contribution in [3.05, 3.63) is 66.7 Å². The van der Waals surface area contributed by atoms with E-state index in [2.05, 4.69) is 30.3 Å². The van der Waals surface area contributed by atoms with E-state index in [0.29, 0.717) is 19.4 Å². The number of rotatable bonds is 9. The van der Waals surface area contributed by atoms with Crippen molar-refractivity contribution in [2.75, 3.05) is 6.61 Å². The Morgan fingerprint density at radius 3 is 2.45 bits per heavy atom. The summed E-state index contributed by atoms with van der Waals surface area (Å²) in [6.07, 6.45) is 7.22. The molecule has 3 rings (SSSR count). The number of ether oxygens (including phenoxy) is 1. The van der Waals surface area contributed by atoms with Crippen LogP contribution in [0.25, 0.3) is 11.1 Å². The first-order valence-electron chi connectivity index (χ1n) is 10.8. The van der Waals surface area contributed by atoms with E-state index in [1.807, 2.05) is 36.4 Å². The Bertz CT molecular complexity index is 739. The van der Waals surface area contributed by atoms with Gasteiger partial charge in [0.05, 0.1) is 6.17 Å². The smallest absolute Gasteiger partial charge is 0.119 e. The summed E-state index contributed by atoms with van der Waals surface area (Å²) in [7, 11) is 0. The number of hydrogen-bond donors (Lipinski definition) is 0. The van der Waals surface area contributed by atoms with Crippen molar-refractivity contribution in [1.29, 1.82) is 0 Å². The van der Waals surface area contributed by atoms with E-state index < -0.39 is 12.3 Å². The fourth-order valence-corrected chi connectivity index (χ4v) is 4.14. The molecule has 0 N–H and O–H groups in total. The van der Waals surface area contributed by atoms with Gasteiger partial charge >= 0.3 is 0 Å². The Kier molecular flexibility index (Phi) is 8.27. The van der Waals surface area contributed by atoms with Crippen molar-refractivity contribution in [3.63, 3.8) is 0 Å². The van der Waals surface area contributed by atoms with E-state index in [9.17, 15) is 8.78 Å². The molecular formula is C26H32F2O. The van der Waals surface area contributed by atoms with E-state index in [0.717, 1.165) is 31.4 Å². The summed E-state index contributed by atoms with van der Waals surface area (Å²) >= 11 is 0. The lowest BCUT2D eigenvalue weighted by Crippen LogP contribution is -2.25. The zero-order chi connectivity index (χ0) is 20.5. The molecule has 1 aliphatic rings. The third kappa shape index (κ3) is 6.99. The number of hydrogen-bond acceptors (Lipinski definition) is 1. The van der Waals surface area contributed by atoms with Crippen LogP contribution in [0.5, 0.6) is 5.75 Å². The highest BCUT2D eigenvalue weighted by Crippen LogP contribution is 2.35. The van der Waals surface area contributed by atoms with Gasteiger partial charge in [0.2, 0.25) is 0 Å². The second kappa shape index (κ2) is 11.1. The summed E-state index contributed by atoms with van der Waals surface area (Å²) in [5, 5.41) is 0. The van der Waals surface area contributed by atoms with Crippen LogP contribution < -0.4 is 4.74 Å². The first-order chi connectivity index (χ1) is 14.1. The molecule has 29 heavy (non-hydrogen) atoms. The number of alkyl halides is 2. The Morgan fingerprint density at radius 2 is 1.76 bits per heavy atom. The molecule has 0 bridgehead atoms. The molecule has 4 atom stereocenters. The average Bonchev–Trinajstić information content (AvgIpc) is 2.73. The van der Waals surface area contributed by atoms with E-state index in [4.69, 9.17) is 4.74 Å². The molecule has 0 amide bonds. The summed E-state index contributed by atoms with van der Waals surface area (Å²) in [5.41, 5.74) is 2.36. The molecule has 0 spiro atoms. The maximum absolute atomic E-state index is 14.4. The molecule has 1 nitrogen and oxygen atoms in total. The monoisotopic (exact) mass is 398 g/mol. The average molecular weight is 399 g/mol. The van der Waals surface area contributed by atoms with Crippen molar-refractivity contribution < 1.29 is 13.5 Å². The van der Waals surface area contributed by atoms with Gasteiger partial charge in [-0.1, -0.05) is 61.0 Å². The lowest BCUT2D eigenvalue weighted by Gasteiger charge is -2.30.